The number of pyridine rings is 1. The number of fused-ring (bicyclic) bond motifs is 1. The van der Waals surface area contributed by atoms with Crippen molar-refractivity contribution in [3.05, 3.63) is 50.2 Å². The summed E-state index contributed by atoms with van der Waals surface area (Å²) in [6, 6.07) is 1.93. The lowest BCUT2D eigenvalue weighted by Gasteiger charge is -2.07. The fourth-order valence-corrected chi connectivity index (χ4v) is 3.69. The molecule has 0 aliphatic heterocycles. The smallest absolute Gasteiger partial charge is 0.254 e. The standard InChI is InChI=1S/C14H14ClN3OS/c1-8-5-6-16-12(15)10(8)7-20-14-17-11-4-2-3-9(11)13(19)18-14/h5-6H,2-4,7H2,1H3,(H,17,18,19). The van der Waals surface area contributed by atoms with E-state index in [0.29, 0.717) is 16.1 Å². The van der Waals surface area contributed by atoms with E-state index in [9.17, 15) is 4.79 Å². The topological polar surface area (TPSA) is 58.6 Å². The van der Waals surface area contributed by atoms with Crippen molar-refractivity contribution in [1.82, 2.24) is 15.0 Å². The zero-order chi connectivity index (χ0) is 14.1. The second-order valence-corrected chi connectivity index (χ2v) is 6.16. The van der Waals surface area contributed by atoms with Gasteiger partial charge in [0.05, 0.1) is 5.69 Å². The summed E-state index contributed by atoms with van der Waals surface area (Å²) >= 11 is 7.59. The Bertz CT molecular complexity index is 694. The van der Waals surface area contributed by atoms with Gasteiger partial charge in [-0.05, 0) is 37.8 Å². The molecule has 1 aliphatic rings. The number of aromatic amines is 1. The molecule has 2 aromatic heterocycles. The molecular formula is C14H14ClN3OS. The minimum Gasteiger partial charge on any atom is -0.301 e. The van der Waals surface area contributed by atoms with Gasteiger partial charge in [0.2, 0.25) is 0 Å². The summed E-state index contributed by atoms with van der Waals surface area (Å²) in [6.07, 6.45) is 4.46. The van der Waals surface area contributed by atoms with Crippen LogP contribution in [0.15, 0.2) is 22.2 Å². The summed E-state index contributed by atoms with van der Waals surface area (Å²) in [4.78, 5) is 23.4. The van der Waals surface area contributed by atoms with Gasteiger partial charge >= 0.3 is 0 Å². The maximum absolute atomic E-state index is 11.9. The van der Waals surface area contributed by atoms with Crippen LogP contribution in [0.2, 0.25) is 5.15 Å². The molecule has 0 amide bonds. The summed E-state index contributed by atoms with van der Waals surface area (Å²) in [5.41, 5.74) is 3.89. The van der Waals surface area contributed by atoms with E-state index in [1.807, 2.05) is 13.0 Å². The third kappa shape index (κ3) is 2.60. The molecular weight excluding hydrogens is 294 g/mol. The van der Waals surface area contributed by atoms with E-state index in [2.05, 4.69) is 15.0 Å². The predicted octanol–water partition coefficient (Wildman–Crippen LogP) is 2.91. The van der Waals surface area contributed by atoms with Gasteiger partial charge in [-0.2, -0.15) is 0 Å². The van der Waals surface area contributed by atoms with Gasteiger partial charge in [0.1, 0.15) is 5.15 Å². The third-order valence-corrected chi connectivity index (χ3v) is 4.74. The first-order chi connectivity index (χ1) is 9.65. The number of aromatic nitrogens is 3. The first-order valence-electron chi connectivity index (χ1n) is 6.50. The van der Waals surface area contributed by atoms with Crippen LogP contribution in [0.3, 0.4) is 0 Å². The molecule has 1 aliphatic carbocycles. The number of nitrogens with one attached hydrogen (secondary N) is 1. The number of aryl methyl sites for hydroxylation is 2. The Morgan fingerprint density at radius 2 is 2.30 bits per heavy atom. The lowest BCUT2D eigenvalue weighted by Crippen LogP contribution is -2.14. The molecule has 2 aromatic rings. The van der Waals surface area contributed by atoms with Gasteiger partial charge in [-0.25, -0.2) is 9.97 Å². The van der Waals surface area contributed by atoms with Crippen molar-refractivity contribution in [2.24, 2.45) is 0 Å². The van der Waals surface area contributed by atoms with Crippen LogP contribution >= 0.6 is 23.4 Å². The normalized spacial score (nSPS) is 13.5. The number of H-pyrrole nitrogens is 1. The second-order valence-electron chi connectivity index (χ2n) is 4.84. The molecule has 0 fully saturated rings. The summed E-state index contributed by atoms with van der Waals surface area (Å²) in [5, 5.41) is 1.18. The minimum atomic E-state index is 0.00371. The predicted molar refractivity (Wildman–Crippen MR) is 80.4 cm³/mol. The zero-order valence-corrected chi connectivity index (χ0v) is 12.6. The molecule has 0 radical (unpaired) electrons. The van der Waals surface area contributed by atoms with Crippen molar-refractivity contribution in [3.8, 4) is 0 Å². The summed E-state index contributed by atoms with van der Waals surface area (Å²) in [6.45, 7) is 2.00. The molecule has 0 spiro atoms. The molecule has 1 N–H and O–H groups in total. The molecule has 20 heavy (non-hydrogen) atoms. The van der Waals surface area contributed by atoms with Gasteiger partial charge in [-0.3, -0.25) is 4.79 Å². The molecule has 0 aromatic carbocycles. The van der Waals surface area contributed by atoms with E-state index >= 15 is 0 Å². The van der Waals surface area contributed by atoms with Gasteiger partial charge < -0.3 is 4.98 Å². The van der Waals surface area contributed by atoms with Gasteiger partial charge in [0, 0.05) is 23.1 Å². The van der Waals surface area contributed by atoms with Crippen LogP contribution in [0.25, 0.3) is 0 Å². The molecule has 3 rings (SSSR count). The van der Waals surface area contributed by atoms with Gasteiger partial charge in [-0.1, -0.05) is 23.4 Å². The van der Waals surface area contributed by atoms with E-state index in [4.69, 9.17) is 11.6 Å². The molecule has 0 saturated heterocycles. The first kappa shape index (κ1) is 13.6. The number of nitrogens with zero attached hydrogens (tertiary/aromatic N) is 2. The highest BCUT2D eigenvalue weighted by molar-refractivity contribution is 7.98. The maximum Gasteiger partial charge on any atom is 0.254 e. The molecule has 0 bridgehead atoms. The van der Waals surface area contributed by atoms with Gasteiger partial charge in [-0.15, -0.1) is 0 Å². The largest absolute Gasteiger partial charge is 0.301 e. The average Bonchev–Trinajstić information content (AvgIpc) is 2.87. The minimum absolute atomic E-state index is 0.00371. The number of hydrogen-bond acceptors (Lipinski definition) is 4. The third-order valence-electron chi connectivity index (χ3n) is 3.51. The van der Waals surface area contributed by atoms with Crippen molar-refractivity contribution >= 4 is 23.4 Å². The molecule has 0 saturated carbocycles. The molecule has 6 heteroatoms. The molecule has 0 atom stereocenters. The lowest BCUT2D eigenvalue weighted by molar-refractivity contribution is 0.869. The summed E-state index contributed by atoms with van der Waals surface area (Å²) < 4.78 is 0. The quantitative estimate of drug-likeness (QED) is 0.538. The Kier molecular flexibility index (Phi) is 3.81. The fourth-order valence-electron chi connectivity index (χ4n) is 2.36. The Balaban J connectivity index is 1.83. The Hall–Kier alpha value is -1.33. The van der Waals surface area contributed by atoms with Crippen LogP contribution in [0.5, 0.6) is 0 Å². The number of rotatable bonds is 3. The molecule has 4 nitrogen and oxygen atoms in total. The van der Waals surface area contributed by atoms with Crippen LogP contribution in [0, 0.1) is 6.92 Å². The van der Waals surface area contributed by atoms with E-state index in [-0.39, 0.29) is 5.56 Å². The van der Waals surface area contributed by atoms with Crippen LogP contribution in [-0.2, 0) is 18.6 Å². The highest BCUT2D eigenvalue weighted by atomic mass is 35.5. The van der Waals surface area contributed by atoms with Crippen molar-refractivity contribution in [2.75, 3.05) is 0 Å². The molecule has 0 unspecified atom stereocenters. The summed E-state index contributed by atoms with van der Waals surface area (Å²) in [7, 11) is 0. The number of thioether (sulfide) groups is 1. The van der Waals surface area contributed by atoms with Crippen LogP contribution < -0.4 is 5.56 Å². The molecule has 2 heterocycles. The maximum atomic E-state index is 11.9. The van der Waals surface area contributed by atoms with E-state index in [1.165, 1.54) is 11.8 Å². The first-order valence-corrected chi connectivity index (χ1v) is 7.86. The van der Waals surface area contributed by atoms with E-state index in [0.717, 1.165) is 41.6 Å². The van der Waals surface area contributed by atoms with Crippen LogP contribution in [-0.4, -0.2) is 15.0 Å². The Morgan fingerprint density at radius 1 is 1.45 bits per heavy atom. The summed E-state index contributed by atoms with van der Waals surface area (Å²) in [5.74, 6) is 0.653. The SMILES string of the molecule is Cc1ccnc(Cl)c1CSc1nc2c(c(=O)[nH]1)CCC2. The lowest BCUT2D eigenvalue weighted by atomic mass is 10.2. The van der Waals surface area contributed by atoms with Gasteiger partial charge in [0.15, 0.2) is 5.16 Å². The molecule has 104 valence electrons. The number of halogens is 1. The second kappa shape index (κ2) is 5.58. The van der Waals surface area contributed by atoms with Crippen LogP contribution in [0.4, 0.5) is 0 Å². The van der Waals surface area contributed by atoms with Crippen molar-refractivity contribution in [1.29, 1.82) is 0 Å². The van der Waals surface area contributed by atoms with Crippen LogP contribution in [0.1, 0.15) is 28.8 Å². The highest BCUT2D eigenvalue weighted by Gasteiger charge is 2.17. The Morgan fingerprint density at radius 3 is 3.10 bits per heavy atom. The van der Waals surface area contributed by atoms with Gasteiger partial charge in [0.25, 0.3) is 5.56 Å². The van der Waals surface area contributed by atoms with Crippen molar-refractivity contribution in [3.63, 3.8) is 0 Å². The van der Waals surface area contributed by atoms with E-state index < -0.39 is 0 Å². The zero-order valence-electron chi connectivity index (χ0n) is 11.1. The monoisotopic (exact) mass is 307 g/mol. The highest BCUT2D eigenvalue weighted by Crippen LogP contribution is 2.26. The fraction of sp³-hybridized carbons (Fsp3) is 0.357. The van der Waals surface area contributed by atoms with Crippen molar-refractivity contribution < 1.29 is 0 Å². The Labute approximate surface area is 126 Å². The van der Waals surface area contributed by atoms with E-state index in [1.54, 1.807) is 6.20 Å². The average molecular weight is 308 g/mol. The number of hydrogen-bond donors (Lipinski definition) is 1. The van der Waals surface area contributed by atoms with Crippen molar-refractivity contribution in [2.45, 2.75) is 37.1 Å².